The molecule has 1 fully saturated rings. The van der Waals surface area contributed by atoms with E-state index in [1.54, 1.807) is 13.2 Å². The van der Waals surface area contributed by atoms with Crippen LogP contribution in [0.2, 0.25) is 0 Å². The van der Waals surface area contributed by atoms with Gasteiger partial charge < -0.3 is 15.4 Å². The summed E-state index contributed by atoms with van der Waals surface area (Å²) in [5, 5.41) is 5.78. The minimum atomic E-state index is -3.05. The van der Waals surface area contributed by atoms with Gasteiger partial charge in [0.05, 0.1) is 18.6 Å². The number of amides is 1. The lowest BCUT2D eigenvalue weighted by molar-refractivity contribution is 0.0936. The van der Waals surface area contributed by atoms with Crippen molar-refractivity contribution in [2.75, 3.05) is 23.9 Å². The van der Waals surface area contributed by atoms with Gasteiger partial charge in [0.25, 0.3) is 5.91 Å². The van der Waals surface area contributed by atoms with E-state index in [4.69, 9.17) is 4.74 Å². The summed E-state index contributed by atoms with van der Waals surface area (Å²) in [7, 11) is -1.47. The molecule has 1 saturated heterocycles. The third kappa shape index (κ3) is 4.44. The zero-order valence-corrected chi connectivity index (χ0v) is 14.4. The first-order chi connectivity index (χ1) is 11.9. The van der Waals surface area contributed by atoms with E-state index in [1.165, 1.54) is 12.4 Å². The second-order valence-corrected chi connectivity index (χ2v) is 7.95. The van der Waals surface area contributed by atoms with E-state index in [1.807, 2.05) is 18.2 Å². The Morgan fingerprint density at radius 1 is 1.28 bits per heavy atom. The fourth-order valence-corrected chi connectivity index (χ4v) is 4.24. The number of sulfone groups is 1. The van der Waals surface area contributed by atoms with Crippen molar-refractivity contribution in [1.29, 1.82) is 0 Å². The summed E-state index contributed by atoms with van der Waals surface area (Å²) < 4.78 is 28.1. The number of anilines is 2. The largest absolute Gasteiger partial charge is 0.497 e. The summed E-state index contributed by atoms with van der Waals surface area (Å²) in [6.07, 6.45) is 1.71. The molecule has 0 saturated carbocycles. The first kappa shape index (κ1) is 17.2. The van der Waals surface area contributed by atoms with Gasteiger partial charge in [0, 0.05) is 23.9 Å². The van der Waals surface area contributed by atoms with Crippen LogP contribution in [0.25, 0.3) is 0 Å². The molecule has 1 aliphatic rings. The molecule has 0 radical (unpaired) electrons. The topological polar surface area (TPSA) is 110 Å². The van der Waals surface area contributed by atoms with Crippen molar-refractivity contribution in [3.63, 3.8) is 0 Å². The van der Waals surface area contributed by atoms with E-state index >= 15 is 0 Å². The molecule has 1 aliphatic heterocycles. The zero-order chi connectivity index (χ0) is 17.9. The first-order valence-corrected chi connectivity index (χ1v) is 9.52. The third-order valence-electron chi connectivity index (χ3n) is 3.81. The SMILES string of the molecule is COc1cccc(Nc2cc(C(=O)NC3CCS(=O)(=O)C3)ncn2)c1. The van der Waals surface area contributed by atoms with Crippen molar-refractivity contribution < 1.29 is 17.9 Å². The van der Waals surface area contributed by atoms with Crippen LogP contribution in [-0.4, -0.2) is 49.0 Å². The van der Waals surface area contributed by atoms with E-state index in [9.17, 15) is 13.2 Å². The molecule has 1 amide bonds. The Labute approximate surface area is 145 Å². The van der Waals surface area contributed by atoms with Crippen molar-refractivity contribution in [3.8, 4) is 5.75 Å². The molecule has 2 N–H and O–H groups in total. The lowest BCUT2D eigenvalue weighted by Gasteiger charge is -2.11. The molecule has 1 aromatic heterocycles. The van der Waals surface area contributed by atoms with Crippen LogP contribution in [0.3, 0.4) is 0 Å². The second kappa shape index (κ2) is 7.06. The van der Waals surface area contributed by atoms with Crippen LogP contribution in [0.5, 0.6) is 5.75 Å². The quantitative estimate of drug-likeness (QED) is 0.821. The smallest absolute Gasteiger partial charge is 0.270 e. The second-order valence-electron chi connectivity index (χ2n) is 5.72. The average Bonchev–Trinajstić information content (AvgIpc) is 2.94. The van der Waals surface area contributed by atoms with Gasteiger partial charge in [0.15, 0.2) is 9.84 Å². The van der Waals surface area contributed by atoms with Gasteiger partial charge >= 0.3 is 0 Å². The Morgan fingerprint density at radius 2 is 2.12 bits per heavy atom. The van der Waals surface area contributed by atoms with Gasteiger partial charge in [-0.1, -0.05) is 6.07 Å². The molecule has 2 aromatic rings. The van der Waals surface area contributed by atoms with Gasteiger partial charge in [-0.15, -0.1) is 0 Å². The van der Waals surface area contributed by atoms with Crippen LogP contribution in [0.4, 0.5) is 11.5 Å². The maximum Gasteiger partial charge on any atom is 0.270 e. The van der Waals surface area contributed by atoms with E-state index in [2.05, 4.69) is 20.6 Å². The van der Waals surface area contributed by atoms with E-state index in [0.717, 1.165) is 5.69 Å². The first-order valence-electron chi connectivity index (χ1n) is 7.69. The molecule has 132 valence electrons. The molecule has 1 unspecified atom stereocenters. The predicted octanol–water partition coefficient (Wildman–Crippen LogP) is 1.15. The molecule has 0 spiro atoms. The number of hydrogen-bond donors (Lipinski definition) is 2. The molecule has 1 aromatic carbocycles. The molecule has 9 heteroatoms. The lowest BCUT2D eigenvalue weighted by Crippen LogP contribution is -2.36. The van der Waals surface area contributed by atoms with Gasteiger partial charge in [-0.05, 0) is 18.6 Å². The highest BCUT2D eigenvalue weighted by molar-refractivity contribution is 7.91. The fourth-order valence-electron chi connectivity index (χ4n) is 2.57. The average molecular weight is 362 g/mol. The molecule has 0 aliphatic carbocycles. The summed E-state index contributed by atoms with van der Waals surface area (Å²) in [6, 6.07) is 8.43. The van der Waals surface area contributed by atoms with Crippen LogP contribution in [-0.2, 0) is 9.84 Å². The highest BCUT2D eigenvalue weighted by Crippen LogP contribution is 2.20. The van der Waals surface area contributed by atoms with E-state index < -0.39 is 15.7 Å². The van der Waals surface area contributed by atoms with E-state index in [0.29, 0.717) is 18.0 Å². The Kier molecular flexibility index (Phi) is 4.84. The summed E-state index contributed by atoms with van der Waals surface area (Å²) in [6.45, 7) is 0. The number of nitrogens with one attached hydrogen (secondary N) is 2. The summed E-state index contributed by atoms with van der Waals surface area (Å²) >= 11 is 0. The lowest BCUT2D eigenvalue weighted by atomic mass is 10.2. The summed E-state index contributed by atoms with van der Waals surface area (Å²) in [5.41, 5.74) is 0.927. The zero-order valence-electron chi connectivity index (χ0n) is 13.6. The van der Waals surface area contributed by atoms with Crippen LogP contribution in [0.1, 0.15) is 16.9 Å². The Hall–Kier alpha value is -2.68. The minimum Gasteiger partial charge on any atom is -0.497 e. The fraction of sp³-hybridized carbons (Fsp3) is 0.312. The molecule has 25 heavy (non-hydrogen) atoms. The molecular weight excluding hydrogens is 344 g/mol. The number of aromatic nitrogens is 2. The molecule has 3 rings (SSSR count). The van der Waals surface area contributed by atoms with E-state index in [-0.39, 0.29) is 23.2 Å². The number of rotatable bonds is 5. The Morgan fingerprint density at radius 3 is 2.84 bits per heavy atom. The van der Waals surface area contributed by atoms with Gasteiger partial charge in [-0.3, -0.25) is 4.79 Å². The van der Waals surface area contributed by atoms with Crippen molar-refractivity contribution in [1.82, 2.24) is 15.3 Å². The standard InChI is InChI=1S/C16H18N4O4S/c1-24-13-4-2-3-11(7-13)19-15-8-14(17-10-18-15)16(21)20-12-5-6-25(22,23)9-12/h2-4,7-8,10,12H,5-6,9H2,1H3,(H,20,21)(H,17,18,19). The van der Waals surface area contributed by atoms with Crippen LogP contribution < -0.4 is 15.4 Å². The Bertz CT molecular complexity index is 885. The van der Waals surface area contributed by atoms with Crippen molar-refractivity contribution >= 4 is 27.2 Å². The number of carbonyl (C=O) groups is 1. The number of methoxy groups -OCH3 is 1. The van der Waals surface area contributed by atoms with Gasteiger partial charge in [-0.25, -0.2) is 18.4 Å². The number of hydrogen-bond acceptors (Lipinski definition) is 7. The normalized spacial score (nSPS) is 18.5. The van der Waals surface area contributed by atoms with Gasteiger partial charge in [0.2, 0.25) is 0 Å². The highest BCUT2D eigenvalue weighted by Gasteiger charge is 2.29. The molecule has 8 nitrogen and oxygen atoms in total. The van der Waals surface area contributed by atoms with Crippen LogP contribution in [0.15, 0.2) is 36.7 Å². The number of carbonyl (C=O) groups excluding carboxylic acids is 1. The van der Waals surface area contributed by atoms with Gasteiger partial charge in [-0.2, -0.15) is 0 Å². The van der Waals surface area contributed by atoms with Crippen molar-refractivity contribution in [2.24, 2.45) is 0 Å². The number of nitrogens with zero attached hydrogens (tertiary/aromatic N) is 2. The number of benzene rings is 1. The van der Waals surface area contributed by atoms with Gasteiger partial charge in [0.1, 0.15) is 23.6 Å². The molecule has 2 heterocycles. The monoisotopic (exact) mass is 362 g/mol. The maximum absolute atomic E-state index is 12.3. The predicted molar refractivity (Wildman–Crippen MR) is 92.8 cm³/mol. The third-order valence-corrected chi connectivity index (χ3v) is 5.58. The van der Waals surface area contributed by atoms with Crippen LogP contribution in [0, 0.1) is 0 Å². The van der Waals surface area contributed by atoms with Crippen molar-refractivity contribution in [3.05, 3.63) is 42.4 Å². The summed E-state index contributed by atoms with van der Waals surface area (Å²) in [5.74, 6) is 0.799. The molecular formula is C16H18N4O4S. The number of ether oxygens (including phenoxy) is 1. The van der Waals surface area contributed by atoms with Crippen LogP contribution >= 0.6 is 0 Å². The highest BCUT2D eigenvalue weighted by atomic mass is 32.2. The minimum absolute atomic E-state index is 0.0290. The molecule has 1 atom stereocenters. The maximum atomic E-state index is 12.3. The molecule has 0 bridgehead atoms. The Balaban J connectivity index is 1.69. The summed E-state index contributed by atoms with van der Waals surface area (Å²) in [4.78, 5) is 20.3. The van der Waals surface area contributed by atoms with Crippen molar-refractivity contribution in [2.45, 2.75) is 12.5 Å².